The topological polar surface area (TPSA) is 43.9 Å². The van der Waals surface area contributed by atoms with Crippen molar-refractivity contribution in [1.29, 1.82) is 0 Å². The van der Waals surface area contributed by atoms with Crippen LogP contribution in [-0.4, -0.2) is 14.5 Å². The van der Waals surface area contributed by atoms with Crippen LogP contribution in [0.25, 0.3) is 126 Å². The lowest BCUT2D eigenvalue weighted by Gasteiger charge is -2.14. The fourth-order valence-corrected chi connectivity index (χ4v) is 9.57. The summed E-state index contributed by atoms with van der Waals surface area (Å²) >= 11 is 0. The number of fused-ring (bicyclic) bond motifs is 11. The second kappa shape index (κ2) is 12.7. The second-order valence-electron chi connectivity index (χ2n) is 15.7. The first-order valence-corrected chi connectivity index (χ1v) is 20.4. The van der Waals surface area contributed by atoms with Crippen LogP contribution in [0.3, 0.4) is 0 Å². The van der Waals surface area contributed by atoms with Gasteiger partial charge in [-0.1, -0.05) is 164 Å². The summed E-state index contributed by atoms with van der Waals surface area (Å²) in [5.74, 6) is 0.626. The van der Waals surface area contributed by atoms with Gasteiger partial charge in [-0.3, -0.25) is 4.57 Å². The van der Waals surface area contributed by atoms with E-state index in [4.69, 9.17) is 14.4 Å². The average Bonchev–Trinajstić information content (AvgIpc) is 3.85. The molecule has 13 aromatic rings. The van der Waals surface area contributed by atoms with Crippen molar-refractivity contribution in [2.45, 2.75) is 0 Å². The molecule has 4 nitrogen and oxygen atoms in total. The lowest BCUT2D eigenvalue weighted by molar-refractivity contribution is 0.669. The number of hydrogen-bond donors (Lipinski definition) is 0. The molecule has 0 atom stereocenters. The van der Waals surface area contributed by atoms with Gasteiger partial charge < -0.3 is 4.42 Å². The Labute approximate surface area is 344 Å². The third kappa shape index (κ3) is 4.91. The fourth-order valence-electron chi connectivity index (χ4n) is 9.57. The maximum Gasteiger partial charge on any atom is 0.235 e. The standard InChI is InChI=1S/C56H33N3O/c1-2-14-39-32-50-48(31-38(39)13-1)45-21-10-20-44(40-27-29-47-52(33-40)60-51-30-28-35-12-4-6-17-43(35)53(47)51)55(45)59(50)56-57-49-22-8-7-18-46(49)54(58-56)37-25-23-36(24-26-37)42-19-9-15-34-11-3-5-16-41(34)42/h1-33H. The van der Waals surface area contributed by atoms with Gasteiger partial charge in [-0.2, -0.15) is 0 Å². The van der Waals surface area contributed by atoms with E-state index in [0.717, 1.165) is 82.4 Å². The van der Waals surface area contributed by atoms with Crippen molar-refractivity contribution in [2.75, 3.05) is 0 Å². The first-order valence-electron chi connectivity index (χ1n) is 20.4. The Morgan fingerprint density at radius 3 is 1.85 bits per heavy atom. The van der Waals surface area contributed by atoms with Gasteiger partial charge in [-0.15, -0.1) is 0 Å². The highest BCUT2D eigenvalue weighted by Crippen LogP contribution is 2.42. The van der Waals surface area contributed by atoms with Crippen LogP contribution in [0.5, 0.6) is 0 Å². The SMILES string of the molecule is c1ccc2cc3c(cc2c1)c1cccc(-c2ccc4c(c2)oc2ccc5ccccc5c24)c1n3-c1nc(-c2ccc(-c3cccc4ccccc34)cc2)c2ccccc2n1. The van der Waals surface area contributed by atoms with Crippen LogP contribution < -0.4 is 0 Å². The lowest BCUT2D eigenvalue weighted by Crippen LogP contribution is -2.04. The highest BCUT2D eigenvalue weighted by Gasteiger charge is 2.22. The Morgan fingerprint density at radius 2 is 1.00 bits per heavy atom. The Balaban J connectivity index is 1.05. The van der Waals surface area contributed by atoms with Gasteiger partial charge in [-0.05, 0) is 85.4 Å². The molecule has 0 radical (unpaired) electrons. The van der Waals surface area contributed by atoms with Gasteiger partial charge in [0.25, 0.3) is 0 Å². The predicted molar refractivity (Wildman–Crippen MR) is 250 cm³/mol. The fraction of sp³-hybridized carbons (Fsp3) is 0. The van der Waals surface area contributed by atoms with Crippen molar-refractivity contribution < 1.29 is 4.42 Å². The van der Waals surface area contributed by atoms with Crippen molar-refractivity contribution in [2.24, 2.45) is 0 Å². The molecule has 0 spiro atoms. The summed E-state index contributed by atoms with van der Waals surface area (Å²) in [6, 6.07) is 71.5. The molecule has 0 fully saturated rings. The first kappa shape index (κ1) is 32.9. The van der Waals surface area contributed by atoms with Gasteiger partial charge in [0.2, 0.25) is 5.95 Å². The molecule has 0 saturated carbocycles. The number of furan rings is 1. The molecule has 4 heteroatoms. The number of hydrogen-bond acceptors (Lipinski definition) is 3. The lowest BCUT2D eigenvalue weighted by atomic mass is 9.96. The average molecular weight is 764 g/mol. The van der Waals surface area contributed by atoms with E-state index in [1.807, 2.05) is 0 Å². The molecule has 0 saturated heterocycles. The number of para-hydroxylation sites is 2. The van der Waals surface area contributed by atoms with E-state index in [2.05, 4.69) is 205 Å². The van der Waals surface area contributed by atoms with E-state index < -0.39 is 0 Å². The van der Waals surface area contributed by atoms with Crippen molar-refractivity contribution in [3.63, 3.8) is 0 Å². The van der Waals surface area contributed by atoms with Crippen LogP contribution in [0.15, 0.2) is 205 Å². The molecule has 60 heavy (non-hydrogen) atoms. The summed E-state index contributed by atoms with van der Waals surface area (Å²) in [5.41, 5.74) is 11.2. The van der Waals surface area contributed by atoms with Crippen LogP contribution in [0.4, 0.5) is 0 Å². The zero-order chi connectivity index (χ0) is 39.3. The Morgan fingerprint density at radius 1 is 0.367 bits per heavy atom. The molecule has 3 heterocycles. The smallest absolute Gasteiger partial charge is 0.235 e. The zero-order valence-corrected chi connectivity index (χ0v) is 32.3. The Kier molecular flexibility index (Phi) is 6.98. The summed E-state index contributed by atoms with van der Waals surface area (Å²) in [6.07, 6.45) is 0. The summed E-state index contributed by atoms with van der Waals surface area (Å²) in [5, 5.41) is 12.8. The molecular formula is C56H33N3O. The van der Waals surface area contributed by atoms with E-state index in [9.17, 15) is 0 Å². The summed E-state index contributed by atoms with van der Waals surface area (Å²) in [4.78, 5) is 10.9. The molecule has 0 aliphatic rings. The quantitative estimate of drug-likeness (QED) is 0.179. The maximum atomic E-state index is 6.60. The summed E-state index contributed by atoms with van der Waals surface area (Å²) in [6.45, 7) is 0. The number of aromatic nitrogens is 3. The van der Waals surface area contributed by atoms with E-state index in [1.54, 1.807) is 0 Å². The first-order chi connectivity index (χ1) is 29.7. The highest BCUT2D eigenvalue weighted by atomic mass is 16.3. The monoisotopic (exact) mass is 763 g/mol. The van der Waals surface area contributed by atoms with Crippen LogP contribution >= 0.6 is 0 Å². The molecule has 0 aliphatic carbocycles. The number of benzene rings is 10. The highest BCUT2D eigenvalue weighted by molar-refractivity contribution is 6.20. The second-order valence-corrected chi connectivity index (χ2v) is 15.7. The minimum Gasteiger partial charge on any atom is -0.456 e. The van der Waals surface area contributed by atoms with Crippen LogP contribution in [-0.2, 0) is 0 Å². The molecule has 3 aromatic heterocycles. The van der Waals surface area contributed by atoms with Crippen molar-refractivity contribution in [1.82, 2.24) is 14.5 Å². The van der Waals surface area contributed by atoms with Crippen LogP contribution in [0, 0.1) is 0 Å². The molecule has 278 valence electrons. The van der Waals surface area contributed by atoms with E-state index in [1.165, 1.54) is 38.1 Å². The maximum absolute atomic E-state index is 6.60. The van der Waals surface area contributed by atoms with E-state index >= 15 is 0 Å². The third-order valence-electron chi connectivity index (χ3n) is 12.4. The van der Waals surface area contributed by atoms with E-state index in [0.29, 0.717) is 5.95 Å². The minimum atomic E-state index is 0.626. The summed E-state index contributed by atoms with van der Waals surface area (Å²) in [7, 11) is 0. The van der Waals surface area contributed by atoms with Gasteiger partial charge in [0.05, 0.1) is 22.2 Å². The molecular weight excluding hydrogens is 731 g/mol. The van der Waals surface area contributed by atoms with Crippen molar-refractivity contribution in [3.05, 3.63) is 200 Å². The van der Waals surface area contributed by atoms with Crippen molar-refractivity contribution >= 4 is 87.0 Å². The number of rotatable bonds is 4. The molecule has 0 aliphatic heterocycles. The molecule has 0 unspecified atom stereocenters. The molecule has 0 amide bonds. The predicted octanol–water partition coefficient (Wildman–Crippen LogP) is 15.1. The molecule has 13 rings (SSSR count). The van der Waals surface area contributed by atoms with Gasteiger partial charge in [0.1, 0.15) is 11.2 Å². The zero-order valence-electron chi connectivity index (χ0n) is 32.3. The minimum absolute atomic E-state index is 0.626. The molecule has 0 N–H and O–H groups in total. The van der Waals surface area contributed by atoms with Gasteiger partial charge in [0, 0.05) is 38.1 Å². The number of nitrogens with zero attached hydrogens (tertiary/aromatic N) is 3. The summed E-state index contributed by atoms with van der Waals surface area (Å²) < 4.78 is 8.88. The van der Waals surface area contributed by atoms with Crippen molar-refractivity contribution in [3.8, 4) is 39.5 Å². The largest absolute Gasteiger partial charge is 0.456 e. The van der Waals surface area contributed by atoms with Crippen LogP contribution in [0.2, 0.25) is 0 Å². The van der Waals surface area contributed by atoms with Gasteiger partial charge in [-0.25, -0.2) is 9.97 Å². The Bertz CT molecular complexity index is 3890. The van der Waals surface area contributed by atoms with Gasteiger partial charge in [0.15, 0.2) is 0 Å². The van der Waals surface area contributed by atoms with Crippen LogP contribution in [0.1, 0.15) is 0 Å². The Hall–Kier alpha value is -8.08. The molecule has 0 bridgehead atoms. The van der Waals surface area contributed by atoms with Gasteiger partial charge >= 0.3 is 0 Å². The normalized spacial score (nSPS) is 12.0. The molecule has 10 aromatic carbocycles. The third-order valence-corrected chi connectivity index (χ3v) is 12.4. The van der Waals surface area contributed by atoms with E-state index in [-0.39, 0.29) is 0 Å².